The summed E-state index contributed by atoms with van der Waals surface area (Å²) in [6, 6.07) is 5.40. The van der Waals surface area contributed by atoms with Crippen molar-refractivity contribution in [2.75, 3.05) is 13.7 Å². The standard InChI is InChI=1S/C13H20FNO/c1-9(8-15)11-7-10(13(2,3)14)5-6-12(11)16-4/h5-7,9H,8,15H2,1-4H3. The molecule has 1 atom stereocenters. The number of benzene rings is 1. The second-order valence-electron chi connectivity index (χ2n) is 4.57. The van der Waals surface area contributed by atoms with Gasteiger partial charge in [-0.05, 0) is 49.6 Å². The van der Waals surface area contributed by atoms with Gasteiger partial charge in [0.1, 0.15) is 11.4 Å². The number of halogens is 1. The Balaban J connectivity index is 3.21. The Morgan fingerprint density at radius 3 is 2.50 bits per heavy atom. The largest absolute Gasteiger partial charge is 0.496 e. The Labute approximate surface area is 96.6 Å². The summed E-state index contributed by atoms with van der Waals surface area (Å²) in [5.74, 6) is 0.934. The molecule has 0 aliphatic carbocycles. The summed E-state index contributed by atoms with van der Waals surface area (Å²) in [6.45, 7) is 5.62. The minimum absolute atomic E-state index is 0.164. The third kappa shape index (κ3) is 2.73. The highest BCUT2D eigenvalue weighted by atomic mass is 19.1. The van der Waals surface area contributed by atoms with Crippen molar-refractivity contribution in [3.05, 3.63) is 29.3 Å². The van der Waals surface area contributed by atoms with Gasteiger partial charge in [-0.3, -0.25) is 0 Å². The van der Waals surface area contributed by atoms with Crippen molar-refractivity contribution in [1.82, 2.24) is 0 Å². The van der Waals surface area contributed by atoms with Gasteiger partial charge in [-0.1, -0.05) is 13.0 Å². The van der Waals surface area contributed by atoms with Crippen molar-refractivity contribution in [2.24, 2.45) is 5.73 Å². The second-order valence-corrected chi connectivity index (χ2v) is 4.57. The van der Waals surface area contributed by atoms with E-state index >= 15 is 0 Å². The fourth-order valence-corrected chi connectivity index (χ4v) is 1.62. The van der Waals surface area contributed by atoms with Crippen LogP contribution in [0, 0.1) is 0 Å². The van der Waals surface area contributed by atoms with Gasteiger partial charge in [0.25, 0.3) is 0 Å². The van der Waals surface area contributed by atoms with E-state index in [4.69, 9.17) is 10.5 Å². The molecule has 0 amide bonds. The topological polar surface area (TPSA) is 35.2 Å². The van der Waals surface area contributed by atoms with E-state index in [2.05, 4.69) is 0 Å². The molecule has 3 heteroatoms. The molecular weight excluding hydrogens is 205 g/mol. The minimum atomic E-state index is -1.34. The lowest BCUT2D eigenvalue weighted by atomic mass is 9.92. The molecule has 0 heterocycles. The summed E-state index contributed by atoms with van der Waals surface area (Å²) in [4.78, 5) is 0. The highest BCUT2D eigenvalue weighted by Gasteiger charge is 2.21. The molecule has 1 unspecified atom stereocenters. The lowest BCUT2D eigenvalue weighted by Gasteiger charge is -2.20. The van der Waals surface area contributed by atoms with Gasteiger partial charge >= 0.3 is 0 Å². The second kappa shape index (κ2) is 4.83. The zero-order valence-electron chi connectivity index (χ0n) is 10.4. The zero-order chi connectivity index (χ0) is 12.3. The van der Waals surface area contributed by atoms with Crippen molar-refractivity contribution in [2.45, 2.75) is 32.4 Å². The molecule has 0 aromatic heterocycles. The van der Waals surface area contributed by atoms with Crippen LogP contribution < -0.4 is 10.5 Å². The van der Waals surface area contributed by atoms with Crippen LogP contribution in [0.3, 0.4) is 0 Å². The molecule has 0 saturated carbocycles. The van der Waals surface area contributed by atoms with Crippen LogP contribution in [-0.4, -0.2) is 13.7 Å². The summed E-state index contributed by atoms with van der Waals surface area (Å²) in [6.07, 6.45) is 0. The number of hydrogen-bond acceptors (Lipinski definition) is 2. The van der Waals surface area contributed by atoms with Gasteiger partial charge in [0, 0.05) is 0 Å². The van der Waals surface area contributed by atoms with Gasteiger partial charge in [-0.25, -0.2) is 4.39 Å². The van der Waals surface area contributed by atoms with Gasteiger partial charge in [0.2, 0.25) is 0 Å². The first-order valence-corrected chi connectivity index (χ1v) is 5.47. The number of ether oxygens (including phenoxy) is 1. The maximum atomic E-state index is 13.8. The molecule has 2 N–H and O–H groups in total. The molecule has 90 valence electrons. The van der Waals surface area contributed by atoms with Crippen molar-refractivity contribution in [3.8, 4) is 5.75 Å². The molecule has 16 heavy (non-hydrogen) atoms. The van der Waals surface area contributed by atoms with Crippen molar-refractivity contribution in [3.63, 3.8) is 0 Å². The SMILES string of the molecule is COc1ccc(C(C)(C)F)cc1C(C)CN. The lowest BCUT2D eigenvalue weighted by Crippen LogP contribution is -2.13. The number of rotatable bonds is 4. The summed E-state index contributed by atoms with van der Waals surface area (Å²) in [5.41, 5.74) is 5.92. The zero-order valence-corrected chi connectivity index (χ0v) is 10.4. The smallest absolute Gasteiger partial charge is 0.130 e. The predicted molar refractivity (Wildman–Crippen MR) is 64.6 cm³/mol. The van der Waals surface area contributed by atoms with E-state index in [9.17, 15) is 4.39 Å². The van der Waals surface area contributed by atoms with Crippen LogP contribution >= 0.6 is 0 Å². The molecule has 2 nitrogen and oxygen atoms in total. The van der Waals surface area contributed by atoms with Gasteiger partial charge in [0.15, 0.2) is 0 Å². The molecule has 0 aliphatic heterocycles. The molecule has 0 spiro atoms. The summed E-state index contributed by atoms with van der Waals surface area (Å²) < 4.78 is 19.1. The van der Waals surface area contributed by atoms with E-state index in [0.29, 0.717) is 12.1 Å². The van der Waals surface area contributed by atoms with Crippen LogP contribution in [0.2, 0.25) is 0 Å². The van der Waals surface area contributed by atoms with E-state index in [1.54, 1.807) is 33.1 Å². The summed E-state index contributed by atoms with van der Waals surface area (Å²) in [7, 11) is 1.61. The number of methoxy groups -OCH3 is 1. The molecule has 0 fully saturated rings. The Morgan fingerprint density at radius 1 is 1.44 bits per heavy atom. The molecule has 1 aromatic rings. The monoisotopic (exact) mass is 225 g/mol. The molecular formula is C13H20FNO. The molecule has 0 radical (unpaired) electrons. The highest BCUT2D eigenvalue weighted by molar-refractivity contribution is 5.41. The Kier molecular flexibility index (Phi) is 3.92. The van der Waals surface area contributed by atoms with E-state index in [0.717, 1.165) is 11.3 Å². The Morgan fingerprint density at radius 2 is 2.06 bits per heavy atom. The first kappa shape index (κ1) is 13.0. The number of nitrogens with two attached hydrogens (primary N) is 1. The molecule has 1 aromatic carbocycles. The van der Waals surface area contributed by atoms with Crippen molar-refractivity contribution >= 4 is 0 Å². The Hall–Kier alpha value is -1.09. The van der Waals surface area contributed by atoms with Gasteiger partial charge in [-0.2, -0.15) is 0 Å². The third-order valence-electron chi connectivity index (χ3n) is 2.80. The van der Waals surface area contributed by atoms with Crippen LogP contribution in [-0.2, 0) is 5.67 Å². The van der Waals surface area contributed by atoms with E-state index in [1.165, 1.54) is 0 Å². The van der Waals surface area contributed by atoms with Crippen LogP contribution in [0.5, 0.6) is 5.75 Å². The fraction of sp³-hybridized carbons (Fsp3) is 0.538. The first-order chi connectivity index (χ1) is 7.40. The van der Waals surface area contributed by atoms with Gasteiger partial charge < -0.3 is 10.5 Å². The quantitative estimate of drug-likeness (QED) is 0.855. The van der Waals surface area contributed by atoms with Crippen molar-refractivity contribution < 1.29 is 9.13 Å². The van der Waals surface area contributed by atoms with Crippen LogP contribution in [0.25, 0.3) is 0 Å². The van der Waals surface area contributed by atoms with Crippen LogP contribution in [0.15, 0.2) is 18.2 Å². The molecule has 0 saturated heterocycles. The highest BCUT2D eigenvalue weighted by Crippen LogP contribution is 2.32. The molecule has 0 aliphatic rings. The Bertz CT molecular complexity index is 357. The molecule has 0 bridgehead atoms. The molecule has 1 rings (SSSR count). The number of alkyl halides is 1. The van der Waals surface area contributed by atoms with Crippen LogP contribution in [0.4, 0.5) is 4.39 Å². The third-order valence-corrected chi connectivity index (χ3v) is 2.80. The van der Waals surface area contributed by atoms with Crippen LogP contribution in [0.1, 0.15) is 37.8 Å². The average molecular weight is 225 g/mol. The van der Waals surface area contributed by atoms with E-state index in [1.807, 2.05) is 13.0 Å². The minimum Gasteiger partial charge on any atom is -0.496 e. The van der Waals surface area contributed by atoms with Crippen molar-refractivity contribution in [1.29, 1.82) is 0 Å². The first-order valence-electron chi connectivity index (χ1n) is 5.47. The summed E-state index contributed by atoms with van der Waals surface area (Å²) >= 11 is 0. The van der Waals surface area contributed by atoms with E-state index < -0.39 is 5.67 Å². The lowest BCUT2D eigenvalue weighted by molar-refractivity contribution is 0.221. The average Bonchev–Trinajstić information content (AvgIpc) is 2.25. The van der Waals surface area contributed by atoms with E-state index in [-0.39, 0.29) is 5.92 Å². The number of hydrogen-bond donors (Lipinski definition) is 1. The summed E-state index contributed by atoms with van der Waals surface area (Å²) in [5, 5.41) is 0. The van der Waals surface area contributed by atoms with Gasteiger partial charge in [0.05, 0.1) is 7.11 Å². The van der Waals surface area contributed by atoms with Gasteiger partial charge in [-0.15, -0.1) is 0 Å². The predicted octanol–water partition coefficient (Wildman–Crippen LogP) is 2.96. The maximum Gasteiger partial charge on any atom is 0.130 e. The fourth-order valence-electron chi connectivity index (χ4n) is 1.62. The maximum absolute atomic E-state index is 13.8. The normalized spacial score (nSPS) is 13.6.